The van der Waals surface area contributed by atoms with Gasteiger partial charge in [-0.3, -0.25) is 0 Å². The van der Waals surface area contributed by atoms with E-state index < -0.39 is 0 Å². The molecule has 0 radical (unpaired) electrons. The maximum absolute atomic E-state index is 10.5. The Bertz CT molecular complexity index is 419. The number of benzene rings is 1. The summed E-state index contributed by atoms with van der Waals surface area (Å²) >= 11 is 3.92. The van der Waals surface area contributed by atoms with Crippen LogP contribution in [0.5, 0.6) is 0 Å². The molecule has 1 aliphatic heterocycles. The molecule has 0 aliphatic carbocycles. The van der Waals surface area contributed by atoms with Crippen LogP contribution in [0.4, 0.5) is 0 Å². The third kappa shape index (κ3) is 3.06. The van der Waals surface area contributed by atoms with E-state index in [2.05, 4.69) is 45.9 Å². The Balaban J connectivity index is 2.11. The van der Waals surface area contributed by atoms with Gasteiger partial charge in [0.15, 0.2) is 0 Å². The van der Waals surface area contributed by atoms with E-state index in [0.717, 1.165) is 11.3 Å². The fourth-order valence-corrected chi connectivity index (χ4v) is 5.14. The second-order valence-electron chi connectivity index (χ2n) is 5.21. The first-order chi connectivity index (χ1) is 8.49. The van der Waals surface area contributed by atoms with Gasteiger partial charge in [-0.15, -0.1) is 0 Å². The van der Waals surface area contributed by atoms with Gasteiger partial charge in [0.05, 0.1) is 6.10 Å². The first kappa shape index (κ1) is 14.3. The molecule has 4 unspecified atom stereocenters. The number of rotatable bonds is 2. The van der Waals surface area contributed by atoms with Crippen molar-refractivity contribution < 1.29 is 5.11 Å². The quantitative estimate of drug-likeness (QED) is 0.886. The highest BCUT2D eigenvalue weighted by Gasteiger charge is 2.31. The van der Waals surface area contributed by atoms with Crippen LogP contribution in [0.2, 0.25) is 0 Å². The zero-order valence-corrected chi connectivity index (χ0v) is 13.1. The zero-order chi connectivity index (χ0) is 13.3. The topological polar surface area (TPSA) is 20.2 Å². The second-order valence-corrected chi connectivity index (χ2v) is 8.24. The van der Waals surface area contributed by atoms with Crippen LogP contribution in [0.25, 0.3) is 0 Å². The fourth-order valence-electron chi connectivity index (χ4n) is 2.14. The molecule has 1 fully saturated rings. The Labute approximate surface area is 119 Å². The van der Waals surface area contributed by atoms with Gasteiger partial charge in [0.25, 0.3) is 0 Å². The molecule has 1 aromatic carbocycles. The van der Waals surface area contributed by atoms with Crippen LogP contribution < -0.4 is 0 Å². The third-order valence-electron chi connectivity index (χ3n) is 3.80. The van der Waals surface area contributed by atoms with E-state index in [4.69, 9.17) is 0 Å². The Morgan fingerprint density at radius 3 is 2.50 bits per heavy atom. The van der Waals surface area contributed by atoms with Crippen molar-refractivity contribution in [2.45, 2.75) is 49.5 Å². The normalized spacial score (nSPS) is 30.2. The zero-order valence-electron chi connectivity index (χ0n) is 11.5. The van der Waals surface area contributed by atoms with Gasteiger partial charge in [0.1, 0.15) is 0 Å². The summed E-state index contributed by atoms with van der Waals surface area (Å²) in [6, 6.07) is 6.31. The van der Waals surface area contributed by atoms with Crippen LogP contribution in [0.1, 0.15) is 36.6 Å². The van der Waals surface area contributed by atoms with Crippen molar-refractivity contribution in [2.75, 3.05) is 5.75 Å². The molecule has 0 amide bonds. The maximum Gasteiger partial charge on any atom is 0.0916 e. The van der Waals surface area contributed by atoms with Gasteiger partial charge < -0.3 is 5.11 Å². The summed E-state index contributed by atoms with van der Waals surface area (Å²) in [4.78, 5) is 0. The van der Waals surface area contributed by atoms with Crippen LogP contribution in [0.15, 0.2) is 18.2 Å². The number of thioether (sulfide) groups is 2. The minimum atomic E-state index is -0.336. The molecule has 3 heteroatoms. The number of aliphatic hydroxyl groups excluding tert-OH is 1. The standard InChI is InChI=1S/C15H22OS2/c1-9-5-6-13(7-10(9)2)15(16)14-8-17-11(3)12(4)18-14/h5-7,11-12,14-16H,8H2,1-4H3. The Morgan fingerprint density at radius 2 is 1.89 bits per heavy atom. The summed E-state index contributed by atoms with van der Waals surface area (Å²) in [5, 5.41) is 12.2. The summed E-state index contributed by atoms with van der Waals surface area (Å²) in [5.74, 6) is 1.05. The van der Waals surface area contributed by atoms with Gasteiger partial charge >= 0.3 is 0 Å². The lowest BCUT2D eigenvalue weighted by molar-refractivity contribution is 0.180. The van der Waals surface area contributed by atoms with E-state index in [1.165, 1.54) is 11.1 Å². The predicted octanol–water partition coefficient (Wildman–Crippen LogP) is 3.96. The molecule has 0 spiro atoms. The minimum absolute atomic E-state index is 0.323. The van der Waals surface area contributed by atoms with Crippen molar-refractivity contribution in [1.82, 2.24) is 0 Å². The summed E-state index contributed by atoms with van der Waals surface area (Å²) in [6.07, 6.45) is -0.336. The van der Waals surface area contributed by atoms with Crippen molar-refractivity contribution in [3.8, 4) is 0 Å². The molecule has 1 N–H and O–H groups in total. The fraction of sp³-hybridized carbons (Fsp3) is 0.600. The molecule has 0 aromatic heterocycles. The van der Waals surface area contributed by atoms with E-state index >= 15 is 0 Å². The van der Waals surface area contributed by atoms with Gasteiger partial charge in [0, 0.05) is 21.5 Å². The third-order valence-corrected chi connectivity index (χ3v) is 7.28. The first-order valence-electron chi connectivity index (χ1n) is 6.51. The van der Waals surface area contributed by atoms with Crippen LogP contribution >= 0.6 is 23.5 Å². The molecule has 1 heterocycles. The predicted molar refractivity (Wildman–Crippen MR) is 83.6 cm³/mol. The lowest BCUT2D eigenvalue weighted by atomic mass is 10.0. The van der Waals surface area contributed by atoms with Crippen LogP contribution in [0, 0.1) is 13.8 Å². The van der Waals surface area contributed by atoms with Crippen molar-refractivity contribution in [3.05, 3.63) is 34.9 Å². The summed E-state index contributed by atoms with van der Waals surface area (Å²) in [7, 11) is 0. The number of aryl methyl sites for hydroxylation is 2. The van der Waals surface area contributed by atoms with E-state index in [9.17, 15) is 5.11 Å². The van der Waals surface area contributed by atoms with Crippen LogP contribution in [-0.2, 0) is 0 Å². The first-order valence-corrected chi connectivity index (χ1v) is 8.50. The molecular weight excluding hydrogens is 260 g/mol. The van der Waals surface area contributed by atoms with Crippen LogP contribution in [0.3, 0.4) is 0 Å². The molecule has 1 nitrogen and oxygen atoms in total. The Hall–Kier alpha value is -0.120. The lowest BCUT2D eigenvalue weighted by Crippen LogP contribution is -2.30. The van der Waals surface area contributed by atoms with E-state index in [-0.39, 0.29) is 6.10 Å². The summed E-state index contributed by atoms with van der Waals surface area (Å²) in [5.41, 5.74) is 3.62. The van der Waals surface area contributed by atoms with Gasteiger partial charge in [-0.25, -0.2) is 0 Å². The van der Waals surface area contributed by atoms with E-state index in [1.807, 2.05) is 23.5 Å². The van der Waals surface area contributed by atoms with Crippen molar-refractivity contribution in [2.24, 2.45) is 0 Å². The maximum atomic E-state index is 10.5. The highest BCUT2D eigenvalue weighted by atomic mass is 32.2. The van der Waals surface area contributed by atoms with Gasteiger partial charge in [-0.1, -0.05) is 32.0 Å². The Kier molecular flexibility index (Phi) is 4.68. The molecule has 18 heavy (non-hydrogen) atoms. The molecule has 1 saturated heterocycles. The van der Waals surface area contributed by atoms with Crippen LogP contribution in [-0.4, -0.2) is 26.6 Å². The molecule has 4 atom stereocenters. The van der Waals surface area contributed by atoms with E-state index in [0.29, 0.717) is 15.7 Å². The summed E-state index contributed by atoms with van der Waals surface area (Å²) in [6.45, 7) is 8.77. The number of hydrogen-bond acceptors (Lipinski definition) is 3. The smallest absolute Gasteiger partial charge is 0.0916 e. The number of hydrogen-bond donors (Lipinski definition) is 1. The highest BCUT2D eigenvalue weighted by molar-refractivity contribution is 8.07. The molecule has 0 bridgehead atoms. The average Bonchev–Trinajstić information content (AvgIpc) is 2.35. The van der Waals surface area contributed by atoms with Gasteiger partial charge in [-0.2, -0.15) is 23.5 Å². The van der Waals surface area contributed by atoms with Crippen molar-refractivity contribution in [3.63, 3.8) is 0 Å². The molecule has 2 rings (SSSR count). The van der Waals surface area contributed by atoms with Gasteiger partial charge in [0.2, 0.25) is 0 Å². The average molecular weight is 282 g/mol. The summed E-state index contributed by atoms with van der Waals surface area (Å²) < 4.78 is 0. The van der Waals surface area contributed by atoms with Crippen molar-refractivity contribution >= 4 is 23.5 Å². The second kappa shape index (κ2) is 5.89. The largest absolute Gasteiger partial charge is 0.387 e. The molecule has 1 aromatic rings. The van der Waals surface area contributed by atoms with Gasteiger partial charge in [-0.05, 0) is 30.5 Å². The molecule has 0 saturated carbocycles. The number of aliphatic hydroxyl groups is 1. The minimum Gasteiger partial charge on any atom is -0.387 e. The SMILES string of the molecule is Cc1ccc(C(O)C2CSC(C)C(C)S2)cc1C. The Morgan fingerprint density at radius 1 is 1.17 bits per heavy atom. The van der Waals surface area contributed by atoms with E-state index in [1.54, 1.807) is 0 Å². The monoisotopic (exact) mass is 282 g/mol. The molecular formula is C15H22OS2. The molecule has 1 aliphatic rings. The lowest BCUT2D eigenvalue weighted by Gasteiger charge is -2.34. The molecule has 100 valence electrons. The highest BCUT2D eigenvalue weighted by Crippen LogP contribution is 2.41. The van der Waals surface area contributed by atoms with Crippen molar-refractivity contribution in [1.29, 1.82) is 0 Å².